The van der Waals surface area contributed by atoms with Crippen LogP contribution >= 0.6 is 0 Å². The fraction of sp³-hybridized carbons (Fsp3) is 1.00. The molecule has 104 valence electrons. The minimum Gasteiger partial charge on any atom is -0.301 e. The van der Waals surface area contributed by atoms with E-state index in [9.17, 15) is 0 Å². The predicted octanol–water partition coefficient (Wildman–Crippen LogP) is 5.25. The smallest absolute Gasteiger partial charge is 0.00951 e. The summed E-state index contributed by atoms with van der Waals surface area (Å²) in [5.41, 5.74) is 0. The van der Waals surface area contributed by atoms with Gasteiger partial charge in [0.15, 0.2) is 0 Å². The molecular weight excluding hydrogens is 206 g/mol. The van der Waals surface area contributed by atoms with E-state index in [1.165, 1.54) is 70.9 Å². The number of unbranched alkanes of at least 4 members (excludes halogenated alkanes) is 4. The average molecular weight is 241 g/mol. The number of hydrogen-bond donors (Lipinski definition) is 0. The van der Waals surface area contributed by atoms with Gasteiger partial charge in [-0.3, -0.25) is 0 Å². The van der Waals surface area contributed by atoms with Gasteiger partial charge in [-0.15, -0.1) is 0 Å². The summed E-state index contributed by atoms with van der Waals surface area (Å²) >= 11 is 0. The minimum absolute atomic E-state index is 0.859. The van der Waals surface area contributed by atoms with Crippen molar-refractivity contribution in [3.05, 3.63) is 0 Å². The third-order valence-electron chi connectivity index (χ3n) is 3.72. The van der Waals surface area contributed by atoms with Crippen LogP contribution in [0.3, 0.4) is 0 Å². The molecule has 0 aliphatic rings. The van der Waals surface area contributed by atoms with Crippen molar-refractivity contribution < 1.29 is 0 Å². The summed E-state index contributed by atoms with van der Waals surface area (Å²) in [6.07, 6.45) is 12.5. The molecule has 0 rings (SSSR count). The third-order valence-corrected chi connectivity index (χ3v) is 3.72. The van der Waals surface area contributed by atoms with E-state index >= 15 is 0 Å². The Hall–Kier alpha value is -0.0400. The van der Waals surface area contributed by atoms with Crippen molar-refractivity contribution in [1.29, 1.82) is 0 Å². The highest BCUT2D eigenvalue weighted by atomic mass is 15.1. The van der Waals surface area contributed by atoms with Crippen LogP contribution in [0.5, 0.6) is 0 Å². The van der Waals surface area contributed by atoms with Gasteiger partial charge in [0.2, 0.25) is 0 Å². The van der Waals surface area contributed by atoms with Gasteiger partial charge in [-0.1, -0.05) is 66.2 Å². The fourth-order valence-electron chi connectivity index (χ4n) is 2.66. The van der Waals surface area contributed by atoms with Gasteiger partial charge in [0, 0.05) is 6.04 Å². The van der Waals surface area contributed by atoms with Crippen LogP contribution in [-0.4, -0.2) is 24.0 Å². The Morgan fingerprint density at radius 3 is 1.59 bits per heavy atom. The van der Waals surface area contributed by atoms with Gasteiger partial charge in [-0.05, 0) is 32.4 Å². The summed E-state index contributed by atoms with van der Waals surface area (Å²) < 4.78 is 0. The molecule has 0 aliphatic heterocycles. The van der Waals surface area contributed by atoms with Crippen LogP contribution in [0.15, 0.2) is 0 Å². The molecule has 0 fully saturated rings. The van der Waals surface area contributed by atoms with Crippen LogP contribution in [0.2, 0.25) is 0 Å². The molecule has 0 unspecified atom stereocenters. The highest BCUT2D eigenvalue weighted by molar-refractivity contribution is 4.71. The van der Waals surface area contributed by atoms with Gasteiger partial charge in [0.25, 0.3) is 0 Å². The lowest BCUT2D eigenvalue weighted by atomic mass is 10.00. The lowest BCUT2D eigenvalue weighted by Crippen LogP contribution is -2.35. The molecule has 1 heteroatoms. The molecule has 0 saturated carbocycles. The van der Waals surface area contributed by atoms with Crippen molar-refractivity contribution >= 4 is 0 Å². The summed E-state index contributed by atoms with van der Waals surface area (Å²) in [6.45, 7) is 11.8. The van der Waals surface area contributed by atoms with Gasteiger partial charge in [0.05, 0.1) is 0 Å². The predicted molar refractivity (Wildman–Crippen MR) is 79.6 cm³/mol. The molecule has 17 heavy (non-hydrogen) atoms. The number of rotatable bonds is 12. The Balaban J connectivity index is 4.04. The molecule has 0 aromatic heterocycles. The largest absolute Gasteiger partial charge is 0.301 e. The van der Waals surface area contributed by atoms with Gasteiger partial charge in [-0.2, -0.15) is 0 Å². The Kier molecular flexibility index (Phi) is 12.4. The topological polar surface area (TPSA) is 3.24 Å². The molecule has 0 N–H and O–H groups in total. The maximum atomic E-state index is 2.71. The Morgan fingerprint density at radius 1 is 0.706 bits per heavy atom. The summed E-state index contributed by atoms with van der Waals surface area (Å²) in [5, 5.41) is 0. The van der Waals surface area contributed by atoms with E-state index < -0.39 is 0 Å². The zero-order valence-corrected chi connectivity index (χ0v) is 12.8. The quantitative estimate of drug-likeness (QED) is 0.422. The summed E-state index contributed by atoms with van der Waals surface area (Å²) in [7, 11) is 0. The van der Waals surface area contributed by atoms with Gasteiger partial charge >= 0.3 is 0 Å². The van der Waals surface area contributed by atoms with E-state index in [0.29, 0.717) is 0 Å². The van der Waals surface area contributed by atoms with Crippen molar-refractivity contribution in [1.82, 2.24) is 4.90 Å². The molecule has 0 bridgehead atoms. The zero-order valence-electron chi connectivity index (χ0n) is 12.8. The van der Waals surface area contributed by atoms with E-state index in [0.717, 1.165) is 6.04 Å². The van der Waals surface area contributed by atoms with Crippen molar-refractivity contribution in [2.24, 2.45) is 0 Å². The summed E-state index contributed by atoms with van der Waals surface area (Å²) in [6, 6.07) is 0.859. The minimum atomic E-state index is 0.859. The van der Waals surface area contributed by atoms with Crippen molar-refractivity contribution in [2.45, 2.75) is 91.5 Å². The third kappa shape index (κ3) is 8.65. The van der Waals surface area contributed by atoms with Gasteiger partial charge in [0.1, 0.15) is 0 Å². The fourth-order valence-corrected chi connectivity index (χ4v) is 2.66. The normalized spacial score (nSPS) is 11.6. The maximum Gasteiger partial charge on any atom is 0.00951 e. The molecule has 0 atom stereocenters. The molecule has 0 saturated heterocycles. The van der Waals surface area contributed by atoms with Gasteiger partial charge < -0.3 is 4.90 Å². The second-order valence-electron chi connectivity index (χ2n) is 5.27. The molecule has 0 amide bonds. The average Bonchev–Trinajstić information content (AvgIpc) is 2.35. The lowest BCUT2D eigenvalue weighted by Gasteiger charge is -2.30. The van der Waals surface area contributed by atoms with E-state index in [4.69, 9.17) is 0 Å². The maximum absolute atomic E-state index is 2.71. The molecule has 0 spiro atoms. The summed E-state index contributed by atoms with van der Waals surface area (Å²) in [5.74, 6) is 0. The number of nitrogens with zero attached hydrogens (tertiary/aromatic N) is 1. The molecule has 1 nitrogen and oxygen atoms in total. The van der Waals surface area contributed by atoms with Crippen LogP contribution in [0, 0.1) is 0 Å². The van der Waals surface area contributed by atoms with Crippen LogP contribution in [0.1, 0.15) is 85.5 Å². The Labute approximate surface area is 110 Å². The molecule has 0 aromatic carbocycles. The monoisotopic (exact) mass is 241 g/mol. The van der Waals surface area contributed by atoms with Crippen molar-refractivity contribution in [2.75, 3.05) is 13.1 Å². The first-order chi connectivity index (χ1) is 8.29. The van der Waals surface area contributed by atoms with Crippen molar-refractivity contribution in [3.63, 3.8) is 0 Å². The molecular formula is C16H35N. The first-order valence-electron chi connectivity index (χ1n) is 8.04. The van der Waals surface area contributed by atoms with E-state index in [2.05, 4.69) is 32.6 Å². The van der Waals surface area contributed by atoms with Crippen LogP contribution in [0.25, 0.3) is 0 Å². The van der Waals surface area contributed by atoms with Crippen LogP contribution in [-0.2, 0) is 0 Å². The highest BCUT2D eigenvalue weighted by Crippen LogP contribution is 2.17. The molecule has 0 radical (unpaired) electrons. The van der Waals surface area contributed by atoms with Crippen LogP contribution < -0.4 is 0 Å². The molecule has 0 aliphatic carbocycles. The number of hydrogen-bond acceptors (Lipinski definition) is 1. The molecule has 0 aromatic rings. The summed E-state index contributed by atoms with van der Waals surface area (Å²) in [4.78, 5) is 2.71. The Morgan fingerprint density at radius 2 is 1.24 bits per heavy atom. The van der Waals surface area contributed by atoms with E-state index in [1.54, 1.807) is 0 Å². The van der Waals surface area contributed by atoms with Crippen LogP contribution in [0.4, 0.5) is 0 Å². The first kappa shape index (κ1) is 17.0. The standard InChI is InChI=1S/C16H35N/c1-5-9-11-13-16(14-12-10-6-2)17(8-4)15-7-3/h16H,5-15H2,1-4H3. The van der Waals surface area contributed by atoms with E-state index in [1.807, 2.05) is 0 Å². The Bertz CT molecular complexity index is 134. The van der Waals surface area contributed by atoms with E-state index in [-0.39, 0.29) is 0 Å². The second kappa shape index (κ2) is 12.4. The highest BCUT2D eigenvalue weighted by Gasteiger charge is 2.15. The zero-order chi connectivity index (χ0) is 12.9. The first-order valence-corrected chi connectivity index (χ1v) is 8.04. The van der Waals surface area contributed by atoms with Crippen molar-refractivity contribution in [3.8, 4) is 0 Å². The SMILES string of the molecule is CCCCCC(CCCCC)N(CC)CCC. The molecule has 0 heterocycles. The van der Waals surface area contributed by atoms with Gasteiger partial charge in [-0.25, -0.2) is 0 Å². The lowest BCUT2D eigenvalue weighted by molar-refractivity contribution is 0.179. The second-order valence-corrected chi connectivity index (χ2v) is 5.27.